The number of piperidine rings is 1. The number of carbonyl (C=O) groups excluding carboxylic acids is 1. The Balaban J connectivity index is 1.50. The van der Waals surface area contributed by atoms with Gasteiger partial charge in [-0.2, -0.15) is 4.31 Å². The number of rotatable bonds is 6. The molecule has 3 heterocycles. The number of nitrogens with one attached hydrogen (secondary N) is 2. The van der Waals surface area contributed by atoms with Crippen molar-refractivity contribution in [2.75, 3.05) is 26.2 Å². The second kappa shape index (κ2) is 8.13. The van der Waals surface area contributed by atoms with Crippen LogP contribution in [-0.4, -0.2) is 62.1 Å². The SMILES string of the molecule is O=C(NCCc1ccc(S(=O)(=O)N2CCCCC2)s1)C1CC(O)CN1. The Morgan fingerprint density at radius 1 is 1.32 bits per heavy atom. The fraction of sp³-hybridized carbons (Fsp3) is 0.688. The van der Waals surface area contributed by atoms with Gasteiger partial charge in [-0.1, -0.05) is 6.42 Å². The Morgan fingerprint density at radius 3 is 2.76 bits per heavy atom. The predicted octanol–water partition coefficient (Wildman–Crippen LogP) is 0.304. The molecular formula is C16H25N3O4S2. The van der Waals surface area contributed by atoms with Crippen LogP contribution in [0.5, 0.6) is 0 Å². The van der Waals surface area contributed by atoms with Crippen LogP contribution in [-0.2, 0) is 21.2 Å². The van der Waals surface area contributed by atoms with E-state index in [4.69, 9.17) is 0 Å². The van der Waals surface area contributed by atoms with Gasteiger partial charge in [-0.3, -0.25) is 4.79 Å². The molecule has 0 aromatic carbocycles. The average Bonchev–Trinajstić information content (AvgIpc) is 3.25. The van der Waals surface area contributed by atoms with Crippen LogP contribution in [0.1, 0.15) is 30.6 Å². The molecule has 2 atom stereocenters. The Kier molecular flexibility index (Phi) is 6.11. The van der Waals surface area contributed by atoms with Crippen molar-refractivity contribution in [2.45, 2.75) is 48.5 Å². The van der Waals surface area contributed by atoms with Crippen LogP contribution >= 0.6 is 11.3 Å². The molecule has 0 aliphatic carbocycles. The first-order valence-corrected chi connectivity index (χ1v) is 11.0. The lowest BCUT2D eigenvalue weighted by Gasteiger charge is -2.25. The van der Waals surface area contributed by atoms with Crippen molar-refractivity contribution in [3.05, 3.63) is 17.0 Å². The first-order chi connectivity index (χ1) is 12.0. The van der Waals surface area contributed by atoms with E-state index in [1.807, 2.05) is 6.07 Å². The van der Waals surface area contributed by atoms with E-state index in [1.54, 1.807) is 10.4 Å². The minimum Gasteiger partial charge on any atom is -0.392 e. The molecule has 2 saturated heterocycles. The van der Waals surface area contributed by atoms with Gasteiger partial charge in [0.15, 0.2) is 0 Å². The van der Waals surface area contributed by atoms with Gasteiger partial charge in [-0.15, -0.1) is 11.3 Å². The third-order valence-electron chi connectivity index (χ3n) is 4.64. The van der Waals surface area contributed by atoms with E-state index < -0.39 is 16.1 Å². The summed E-state index contributed by atoms with van der Waals surface area (Å²) in [5.74, 6) is -0.116. The summed E-state index contributed by atoms with van der Waals surface area (Å²) in [6.07, 6.45) is 3.51. The van der Waals surface area contributed by atoms with Crippen LogP contribution in [0.3, 0.4) is 0 Å². The summed E-state index contributed by atoms with van der Waals surface area (Å²) in [5.41, 5.74) is 0. The molecule has 2 aliphatic rings. The minimum absolute atomic E-state index is 0.116. The largest absolute Gasteiger partial charge is 0.392 e. The summed E-state index contributed by atoms with van der Waals surface area (Å²) in [4.78, 5) is 12.9. The molecule has 0 spiro atoms. The molecule has 0 bridgehead atoms. The zero-order valence-electron chi connectivity index (χ0n) is 14.1. The maximum atomic E-state index is 12.6. The molecule has 2 aliphatic heterocycles. The van der Waals surface area contributed by atoms with Gasteiger partial charge >= 0.3 is 0 Å². The van der Waals surface area contributed by atoms with Gasteiger partial charge in [0.2, 0.25) is 5.91 Å². The summed E-state index contributed by atoms with van der Waals surface area (Å²) in [7, 11) is -3.38. The van der Waals surface area contributed by atoms with Crippen molar-refractivity contribution in [3.63, 3.8) is 0 Å². The van der Waals surface area contributed by atoms with Gasteiger partial charge in [0.05, 0.1) is 12.1 Å². The van der Waals surface area contributed by atoms with E-state index in [1.165, 1.54) is 11.3 Å². The summed E-state index contributed by atoms with van der Waals surface area (Å²) in [5, 5.41) is 15.2. The van der Waals surface area contributed by atoms with Gasteiger partial charge in [0, 0.05) is 31.1 Å². The number of nitrogens with zero attached hydrogens (tertiary/aromatic N) is 1. The number of amides is 1. The lowest BCUT2D eigenvalue weighted by molar-refractivity contribution is -0.122. The molecule has 0 saturated carbocycles. The molecule has 2 fully saturated rings. The number of hydrogen-bond donors (Lipinski definition) is 3. The number of β-amino-alcohol motifs (C(OH)–C–C–N with tert-alkyl or cyclic N) is 1. The van der Waals surface area contributed by atoms with Crippen LogP contribution in [0.25, 0.3) is 0 Å². The smallest absolute Gasteiger partial charge is 0.252 e. The number of sulfonamides is 1. The van der Waals surface area contributed by atoms with Crippen molar-refractivity contribution in [1.82, 2.24) is 14.9 Å². The fourth-order valence-corrected chi connectivity index (χ4v) is 6.24. The van der Waals surface area contributed by atoms with Gasteiger partial charge in [-0.25, -0.2) is 8.42 Å². The van der Waals surface area contributed by atoms with Gasteiger partial charge in [0.1, 0.15) is 4.21 Å². The topological polar surface area (TPSA) is 98.7 Å². The molecular weight excluding hydrogens is 362 g/mol. The Labute approximate surface area is 152 Å². The maximum Gasteiger partial charge on any atom is 0.252 e. The second-order valence-corrected chi connectivity index (χ2v) is 9.91. The first-order valence-electron chi connectivity index (χ1n) is 8.75. The molecule has 2 unspecified atom stereocenters. The van der Waals surface area contributed by atoms with Gasteiger partial charge < -0.3 is 15.7 Å². The highest BCUT2D eigenvalue weighted by atomic mass is 32.2. The van der Waals surface area contributed by atoms with Crippen LogP contribution in [0.4, 0.5) is 0 Å². The molecule has 9 heteroatoms. The number of aliphatic hydroxyl groups is 1. The standard InChI is InChI=1S/C16H25N3O4S2/c20-12-10-14(18-11-12)16(21)17-7-6-13-4-5-15(24-13)25(22,23)19-8-2-1-3-9-19/h4-5,12,14,18,20H,1-3,6-11H2,(H,17,21). The molecule has 1 amide bonds. The van der Waals surface area contributed by atoms with E-state index in [2.05, 4.69) is 10.6 Å². The number of thiophene rings is 1. The lowest BCUT2D eigenvalue weighted by Crippen LogP contribution is -2.41. The predicted molar refractivity (Wildman–Crippen MR) is 96.1 cm³/mol. The molecule has 140 valence electrons. The third-order valence-corrected chi connectivity index (χ3v) is 8.15. The Hall–Kier alpha value is -1.00. The van der Waals surface area contributed by atoms with Crippen molar-refractivity contribution in [3.8, 4) is 0 Å². The summed E-state index contributed by atoms with van der Waals surface area (Å²) in [6, 6.07) is 3.15. The average molecular weight is 388 g/mol. The van der Waals surface area contributed by atoms with E-state index in [-0.39, 0.29) is 11.9 Å². The molecule has 1 aromatic heterocycles. The van der Waals surface area contributed by atoms with Crippen LogP contribution in [0.2, 0.25) is 0 Å². The second-order valence-electron chi connectivity index (χ2n) is 6.58. The summed E-state index contributed by atoms with van der Waals surface area (Å²) >= 11 is 1.28. The molecule has 7 nitrogen and oxygen atoms in total. The molecule has 0 radical (unpaired) electrons. The minimum atomic E-state index is -3.38. The molecule has 1 aromatic rings. The van der Waals surface area contributed by atoms with E-state index in [0.717, 1.165) is 24.1 Å². The Bertz CT molecular complexity index is 698. The zero-order valence-corrected chi connectivity index (χ0v) is 15.7. The monoisotopic (exact) mass is 387 g/mol. The fourth-order valence-electron chi connectivity index (χ4n) is 3.21. The van der Waals surface area contributed by atoms with Gasteiger partial charge in [0.25, 0.3) is 10.0 Å². The highest BCUT2D eigenvalue weighted by Crippen LogP contribution is 2.27. The first kappa shape index (κ1) is 18.8. The van der Waals surface area contributed by atoms with E-state index in [9.17, 15) is 18.3 Å². The van der Waals surface area contributed by atoms with E-state index >= 15 is 0 Å². The van der Waals surface area contributed by atoms with Gasteiger partial charge in [-0.05, 0) is 37.8 Å². The molecule has 3 N–H and O–H groups in total. The quantitative estimate of drug-likeness (QED) is 0.652. The lowest BCUT2D eigenvalue weighted by atomic mass is 10.2. The summed E-state index contributed by atoms with van der Waals surface area (Å²) < 4.78 is 27.2. The number of carbonyl (C=O) groups is 1. The van der Waals surface area contributed by atoms with Crippen molar-refractivity contribution >= 4 is 27.3 Å². The van der Waals surface area contributed by atoms with Crippen LogP contribution in [0, 0.1) is 0 Å². The van der Waals surface area contributed by atoms with Crippen molar-refractivity contribution in [1.29, 1.82) is 0 Å². The maximum absolute atomic E-state index is 12.6. The zero-order chi connectivity index (χ0) is 17.9. The number of hydrogen-bond acceptors (Lipinski definition) is 6. The normalized spacial score (nSPS) is 25.2. The molecule has 25 heavy (non-hydrogen) atoms. The third kappa shape index (κ3) is 4.59. The molecule has 3 rings (SSSR count). The highest BCUT2D eigenvalue weighted by Gasteiger charge is 2.28. The van der Waals surface area contributed by atoms with Crippen LogP contribution < -0.4 is 10.6 Å². The van der Waals surface area contributed by atoms with Crippen LogP contribution in [0.15, 0.2) is 16.3 Å². The van der Waals surface area contributed by atoms with E-state index in [0.29, 0.717) is 43.2 Å². The van der Waals surface area contributed by atoms with Crippen molar-refractivity contribution in [2.24, 2.45) is 0 Å². The highest BCUT2D eigenvalue weighted by molar-refractivity contribution is 7.91. The summed E-state index contributed by atoms with van der Waals surface area (Å²) in [6.45, 7) is 2.11. The number of aliphatic hydroxyl groups excluding tert-OH is 1. The Morgan fingerprint density at radius 2 is 2.08 bits per heavy atom. The van der Waals surface area contributed by atoms with Crippen molar-refractivity contribution < 1.29 is 18.3 Å².